The molecule has 4 aromatic rings. The lowest BCUT2D eigenvalue weighted by Gasteiger charge is -2.31. The number of carbonyl (C=O) groups excluding carboxylic acids is 1. The molecule has 2 aromatic carbocycles. The maximum absolute atomic E-state index is 14.1. The van der Waals surface area contributed by atoms with E-state index < -0.39 is 47.1 Å². The summed E-state index contributed by atoms with van der Waals surface area (Å²) in [5, 5.41) is 12.4. The molecule has 0 radical (unpaired) electrons. The van der Waals surface area contributed by atoms with Crippen LogP contribution in [0.15, 0.2) is 66.9 Å². The minimum atomic E-state index is -5.13. The van der Waals surface area contributed by atoms with E-state index in [2.05, 4.69) is 14.8 Å². The molecule has 16 heteroatoms. The predicted octanol–water partition coefficient (Wildman–Crippen LogP) is 7.55. The molecule has 1 fully saturated rings. The number of piperidine rings is 1. The summed E-state index contributed by atoms with van der Waals surface area (Å²) >= 11 is 0. The van der Waals surface area contributed by atoms with Crippen molar-refractivity contribution in [3.8, 4) is 28.6 Å². The molecule has 47 heavy (non-hydrogen) atoms. The lowest BCUT2D eigenvalue weighted by Crippen LogP contribution is -2.37. The molecule has 0 aliphatic carbocycles. The molecule has 5 rings (SSSR count). The van der Waals surface area contributed by atoms with Crippen LogP contribution in [0.2, 0.25) is 0 Å². The Bertz CT molecular complexity index is 1750. The summed E-state index contributed by atoms with van der Waals surface area (Å²) in [5.74, 6) is -1.97. The van der Waals surface area contributed by atoms with Crippen molar-refractivity contribution >= 4 is 12.2 Å². The molecule has 0 unspecified atom stereocenters. The molecular formula is C31H26F6N4O6. The Morgan fingerprint density at radius 2 is 1.62 bits per heavy atom. The Morgan fingerprint density at radius 1 is 0.936 bits per heavy atom. The summed E-state index contributed by atoms with van der Waals surface area (Å²) < 4.78 is 99.0. The monoisotopic (exact) mass is 664 g/mol. The summed E-state index contributed by atoms with van der Waals surface area (Å²) in [6.45, 7) is 0.793. The fourth-order valence-electron chi connectivity index (χ4n) is 5.31. The zero-order valence-corrected chi connectivity index (χ0v) is 24.5. The number of methoxy groups -OCH3 is 1. The Morgan fingerprint density at radius 3 is 2.23 bits per heavy atom. The second-order valence-electron chi connectivity index (χ2n) is 10.5. The molecular weight excluding hydrogens is 638 g/mol. The number of aromatic nitrogens is 3. The summed E-state index contributed by atoms with van der Waals surface area (Å²) in [4.78, 5) is 28.4. The third kappa shape index (κ3) is 7.42. The Kier molecular flexibility index (Phi) is 9.31. The van der Waals surface area contributed by atoms with E-state index in [1.54, 1.807) is 17.0 Å². The Balaban J connectivity index is 1.42. The van der Waals surface area contributed by atoms with Gasteiger partial charge in [-0.25, -0.2) is 19.3 Å². The van der Waals surface area contributed by atoms with Crippen molar-refractivity contribution in [2.24, 2.45) is 0 Å². The molecule has 0 spiro atoms. The number of nitrogens with zero attached hydrogens (tertiary/aromatic N) is 4. The Labute approximate surface area is 263 Å². The van der Waals surface area contributed by atoms with Crippen molar-refractivity contribution in [2.75, 3.05) is 20.2 Å². The molecule has 0 atom stereocenters. The van der Waals surface area contributed by atoms with Crippen LogP contribution in [-0.2, 0) is 23.7 Å². The first-order chi connectivity index (χ1) is 22.3. The van der Waals surface area contributed by atoms with Crippen LogP contribution in [0.4, 0.5) is 35.9 Å². The first kappa shape index (κ1) is 33.1. The molecule has 248 valence electrons. The van der Waals surface area contributed by atoms with Crippen molar-refractivity contribution < 1.29 is 55.2 Å². The maximum Gasteiger partial charge on any atom is 0.511 e. The van der Waals surface area contributed by atoms with Crippen molar-refractivity contribution in [2.45, 2.75) is 37.7 Å². The van der Waals surface area contributed by atoms with E-state index in [1.807, 2.05) is 12.1 Å². The first-order valence-corrected chi connectivity index (χ1v) is 14.0. The van der Waals surface area contributed by atoms with Crippen LogP contribution in [0.5, 0.6) is 11.5 Å². The van der Waals surface area contributed by atoms with Gasteiger partial charge in [-0.2, -0.15) is 31.4 Å². The van der Waals surface area contributed by atoms with E-state index in [-0.39, 0.29) is 34.6 Å². The third-order valence-electron chi connectivity index (χ3n) is 7.51. The average Bonchev–Trinajstić information content (AvgIpc) is 3.47. The van der Waals surface area contributed by atoms with Crippen molar-refractivity contribution in [1.82, 2.24) is 19.7 Å². The number of ether oxygens (including phenoxy) is 3. The SMILES string of the molecule is COC(=O)N1CCC(c2ccc(COc3c(-c4cccc(-n5ncc(OC(=O)O)c5C(F)(F)F)n4)cccc3C(F)(F)F)cc2)CC1. The Hall–Kier alpha value is -5.28. The van der Waals surface area contributed by atoms with E-state index in [4.69, 9.17) is 14.6 Å². The number of carbonyl (C=O) groups is 2. The molecule has 1 amide bonds. The van der Waals surface area contributed by atoms with Gasteiger partial charge in [-0.1, -0.05) is 36.4 Å². The average molecular weight is 665 g/mol. The normalized spacial score (nSPS) is 14.1. The van der Waals surface area contributed by atoms with E-state index >= 15 is 0 Å². The highest BCUT2D eigenvalue weighted by Gasteiger charge is 2.41. The highest BCUT2D eigenvalue weighted by Crippen LogP contribution is 2.43. The molecule has 0 bridgehead atoms. The van der Waals surface area contributed by atoms with E-state index in [0.29, 0.717) is 24.8 Å². The first-order valence-electron chi connectivity index (χ1n) is 14.0. The predicted molar refractivity (Wildman–Crippen MR) is 152 cm³/mol. The number of pyridine rings is 1. The van der Waals surface area contributed by atoms with Crippen LogP contribution in [0.25, 0.3) is 17.1 Å². The number of alkyl halides is 6. The number of halogens is 6. The van der Waals surface area contributed by atoms with Gasteiger partial charge in [-0.15, -0.1) is 0 Å². The molecule has 0 saturated carbocycles. The zero-order chi connectivity index (χ0) is 33.9. The number of rotatable bonds is 7. The van der Waals surface area contributed by atoms with Gasteiger partial charge in [0.15, 0.2) is 17.3 Å². The van der Waals surface area contributed by atoms with Gasteiger partial charge in [0.1, 0.15) is 12.4 Å². The quantitative estimate of drug-likeness (QED) is 0.159. The smallest absolute Gasteiger partial charge is 0.488 e. The van der Waals surface area contributed by atoms with Crippen LogP contribution < -0.4 is 9.47 Å². The largest absolute Gasteiger partial charge is 0.511 e. The summed E-state index contributed by atoms with van der Waals surface area (Å²) in [7, 11) is 1.32. The van der Waals surface area contributed by atoms with Crippen LogP contribution in [-0.4, -0.2) is 57.2 Å². The number of carboxylic acid groups (broad SMARTS) is 1. The standard InChI is InChI=1S/C31H26F6N4O6/c1-45-28(42)40-14-12-20(13-15-40)19-10-8-18(9-11-19)17-46-26-21(4-2-5-22(26)30(32,33)34)23-6-3-7-25(39-23)41-27(31(35,36)37)24(16-38-41)47-29(43)44/h2-11,16,20H,12-15,17H2,1H3,(H,43,44). The molecule has 1 saturated heterocycles. The number of hydrogen-bond acceptors (Lipinski definition) is 7. The van der Waals surface area contributed by atoms with Crippen LogP contribution in [0, 0.1) is 0 Å². The molecule has 3 heterocycles. The minimum absolute atomic E-state index is 0.154. The van der Waals surface area contributed by atoms with Gasteiger partial charge < -0.3 is 24.2 Å². The highest BCUT2D eigenvalue weighted by molar-refractivity contribution is 5.70. The van der Waals surface area contributed by atoms with Crippen molar-refractivity contribution in [3.05, 3.63) is 89.2 Å². The molecule has 1 aliphatic rings. The topological polar surface area (TPSA) is 116 Å². The molecule has 1 N–H and O–H groups in total. The van der Waals surface area contributed by atoms with E-state index in [0.717, 1.165) is 36.6 Å². The highest BCUT2D eigenvalue weighted by atomic mass is 19.4. The number of hydrogen-bond donors (Lipinski definition) is 1. The minimum Gasteiger partial charge on any atom is -0.488 e. The van der Waals surface area contributed by atoms with Gasteiger partial charge in [0.2, 0.25) is 0 Å². The number of amides is 1. The van der Waals surface area contributed by atoms with E-state index in [9.17, 15) is 35.9 Å². The van der Waals surface area contributed by atoms with E-state index in [1.165, 1.54) is 25.3 Å². The van der Waals surface area contributed by atoms with Gasteiger partial charge in [0.25, 0.3) is 0 Å². The molecule has 10 nitrogen and oxygen atoms in total. The fourth-order valence-corrected chi connectivity index (χ4v) is 5.31. The van der Waals surface area contributed by atoms with Crippen LogP contribution >= 0.6 is 0 Å². The lowest BCUT2D eigenvalue weighted by atomic mass is 9.89. The summed E-state index contributed by atoms with van der Waals surface area (Å²) in [6.07, 6.45) is -10.4. The van der Waals surface area contributed by atoms with Gasteiger partial charge in [-0.3, -0.25) is 0 Å². The fraction of sp³-hybridized carbons (Fsp3) is 0.290. The van der Waals surface area contributed by atoms with Gasteiger partial charge in [0.05, 0.1) is 24.6 Å². The third-order valence-corrected chi connectivity index (χ3v) is 7.51. The number of benzene rings is 2. The second-order valence-corrected chi connectivity index (χ2v) is 10.5. The second kappa shape index (κ2) is 13.2. The van der Waals surface area contributed by atoms with Gasteiger partial charge in [0, 0.05) is 18.7 Å². The van der Waals surface area contributed by atoms with Gasteiger partial charge in [-0.05, 0) is 54.2 Å². The number of para-hydroxylation sites is 1. The summed E-state index contributed by atoms with van der Waals surface area (Å²) in [5.41, 5.74) is -1.46. The van der Waals surface area contributed by atoms with Crippen molar-refractivity contribution in [3.63, 3.8) is 0 Å². The zero-order valence-electron chi connectivity index (χ0n) is 24.5. The van der Waals surface area contributed by atoms with Crippen molar-refractivity contribution in [1.29, 1.82) is 0 Å². The molecule has 1 aliphatic heterocycles. The van der Waals surface area contributed by atoms with Crippen LogP contribution in [0.1, 0.15) is 41.1 Å². The summed E-state index contributed by atoms with van der Waals surface area (Å²) in [6, 6.07) is 14.0. The lowest BCUT2D eigenvalue weighted by molar-refractivity contribution is -0.144. The number of likely N-dealkylation sites (tertiary alicyclic amines) is 1. The maximum atomic E-state index is 14.1. The molecule has 2 aromatic heterocycles. The van der Waals surface area contributed by atoms with Crippen LogP contribution in [0.3, 0.4) is 0 Å². The van der Waals surface area contributed by atoms with Gasteiger partial charge >= 0.3 is 24.6 Å².